The van der Waals surface area contributed by atoms with Crippen molar-refractivity contribution in [3.8, 4) is 0 Å². The summed E-state index contributed by atoms with van der Waals surface area (Å²) < 4.78 is 0. The van der Waals surface area contributed by atoms with E-state index in [1.165, 1.54) is 0 Å². The summed E-state index contributed by atoms with van der Waals surface area (Å²) in [4.78, 5) is 1.37. The predicted molar refractivity (Wildman–Crippen MR) is 110 cm³/mol. The second-order valence-electron chi connectivity index (χ2n) is 5.22. The van der Waals surface area contributed by atoms with Gasteiger partial charge in [-0.2, -0.15) is 0 Å². The van der Waals surface area contributed by atoms with E-state index in [0.717, 1.165) is 22.5 Å². The van der Waals surface area contributed by atoms with E-state index in [2.05, 4.69) is 10.6 Å². The molecule has 0 aliphatic carbocycles. The maximum atomic E-state index is 5.50. The third kappa shape index (κ3) is 4.25. The number of rotatable bonds is 4. The summed E-state index contributed by atoms with van der Waals surface area (Å²) in [5, 5.41) is 6.50. The quantitative estimate of drug-likeness (QED) is 0.628. The molecule has 0 saturated carbocycles. The van der Waals surface area contributed by atoms with Gasteiger partial charge in [-0.3, -0.25) is 0 Å². The summed E-state index contributed by atoms with van der Waals surface area (Å²) in [6.45, 7) is 0. The third-order valence-electron chi connectivity index (χ3n) is 3.45. The van der Waals surface area contributed by atoms with Gasteiger partial charge >= 0.3 is 0 Å². The molecule has 24 heavy (non-hydrogen) atoms. The molecule has 0 unspecified atom stereocenters. The van der Waals surface area contributed by atoms with Gasteiger partial charge in [0.2, 0.25) is 0 Å². The van der Waals surface area contributed by atoms with Gasteiger partial charge in [0, 0.05) is 22.5 Å². The minimum Gasteiger partial charge on any atom is -0.346 e. The van der Waals surface area contributed by atoms with E-state index >= 15 is 0 Å². The van der Waals surface area contributed by atoms with Gasteiger partial charge in [0.1, 0.15) is 9.98 Å². The SMILES string of the molecule is S=C(Nc1cccc(C(=S)Nc2ccccc2)c1)c1ccccc1. The highest BCUT2D eigenvalue weighted by molar-refractivity contribution is 7.81. The van der Waals surface area contributed by atoms with Crippen molar-refractivity contribution in [2.75, 3.05) is 10.6 Å². The maximum Gasteiger partial charge on any atom is 0.111 e. The standard InChI is InChI=1S/C20H16N2S2/c23-19(15-8-3-1-4-9-15)22-18-13-7-10-16(14-18)20(24)21-17-11-5-2-6-12-17/h1-14H,(H,21,24)(H,22,23). The molecule has 3 rings (SSSR count). The largest absolute Gasteiger partial charge is 0.346 e. The summed E-state index contributed by atoms with van der Waals surface area (Å²) in [7, 11) is 0. The lowest BCUT2D eigenvalue weighted by Gasteiger charge is -2.11. The first-order valence-electron chi connectivity index (χ1n) is 7.55. The molecule has 0 radical (unpaired) electrons. The number of hydrogen-bond acceptors (Lipinski definition) is 2. The molecule has 0 spiro atoms. The van der Waals surface area contributed by atoms with Crippen LogP contribution in [0.2, 0.25) is 0 Å². The minimum absolute atomic E-state index is 0.676. The summed E-state index contributed by atoms with van der Waals surface area (Å²) in [6, 6.07) is 27.7. The third-order valence-corrected chi connectivity index (χ3v) is 4.13. The first kappa shape index (κ1) is 16.3. The van der Waals surface area contributed by atoms with E-state index in [-0.39, 0.29) is 0 Å². The molecule has 118 valence electrons. The van der Waals surface area contributed by atoms with Gasteiger partial charge in [-0.25, -0.2) is 0 Å². The highest BCUT2D eigenvalue weighted by atomic mass is 32.1. The Morgan fingerprint density at radius 3 is 1.75 bits per heavy atom. The van der Waals surface area contributed by atoms with Crippen molar-refractivity contribution in [2.24, 2.45) is 0 Å². The van der Waals surface area contributed by atoms with Crippen molar-refractivity contribution < 1.29 is 0 Å². The van der Waals surface area contributed by atoms with Gasteiger partial charge in [-0.1, -0.05) is 85.1 Å². The van der Waals surface area contributed by atoms with Crippen LogP contribution in [-0.4, -0.2) is 9.98 Å². The molecular weight excluding hydrogens is 332 g/mol. The molecule has 0 atom stereocenters. The molecule has 0 aliphatic heterocycles. The second-order valence-corrected chi connectivity index (χ2v) is 6.04. The Kier molecular flexibility index (Phi) is 5.31. The molecule has 3 aromatic rings. The Balaban J connectivity index is 1.72. The molecule has 2 N–H and O–H groups in total. The normalized spacial score (nSPS) is 10.0. The van der Waals surface area contributed by atoms with Crippen LogP contribution in [0.1, 0.15) is 11.1 Å². The molecule has 0 amide bonds. The summed E-state index contributed by atoms with van der Waals surface area (Å²) >= 11 is 11.0. The Hall–Kier alpha value is -2.56. The fourth-order valence-corrected chi connectivity index (χ4v) is 2.75. The first-order chi connectivity index (χ1) is 11.7. The molecular formula is C20H16N2S2. The van der Waals surface area contributed by atoms with Gasteiger partial charge in [-0.15, -0.1) is 0 Å². The van der Waals surface area contributed by atoms with Crippen LogP contribution in [0.3, 0.4) is 0 Å². The Labute approximate surface area is 152 Å². The van der Waals surface area contributed by atoms with Crippen LogP contribution < -0.4 is 10.6 Å². The predicted octanol–water partition coefficient (Wildman–Crippen LogP) is 5.26. The second kappa shape index (κ2) is 7.81. The number of nitrogens with one attached hydrogen (secondary N) is 2. The number of thiocarbonyl (C=S) groups is 2. The Bertz CT molecular complexity index is 846. The topological polar surface area (TPSA) is 24.1 Å². The van der Waals surface area contributed by atoms with Gasteiger partial charge in [0.15, 0.2) is 0 Å². The van der Waals surface area contributed by atoms with Gasteiger partial charge in [-0.05, 0) is 24.3 Å². The van der Waals surface area contributed by atoms with Gasteiger partial charge in [0.05, 0.1) is 0 Å². The van der Waals surface area contributed by atoms with E-state index in [0.29, 0.717) is 9.98 Å². The van der Waals surface area contributed by atoms with E-state index in [4.69, 9.17) is 24.4 Å². The minimum atomic E-state index is 0.676. The zero-order chi connectivity index (χ0) is 16.8. The average Bonchev–Trinajstić information content (AvgIpc) is 2.63. The van der Waals surface area contributed by atoms with E-state index in [1.54, 1.807) is 0 Å². The van der Waals surface area contributed by atoms with Crippen molar-refractivity contribution in [3.63, 3.8) is 0 Å². The number of benzene rings is 3. The lowest BCUT2D eigenvalue weighted by Crippen LogP contribution is -2.13. The molecule has 0 saturated heterocycles. The van der Waals surface area contributed by atoms with Crippen LogP contribution in [0.4, 0.5) is 11.4 Å². The van der Waals surface area contributed by atoms with E-state index < -0.39 is 0 Å². The molecule has 0 fully saturated rings. The van der Waals surface area contributed by atoms with Crippen LogP contribution >= 0.6 is 24.4 Å². The molecule has 2 nitrogen and oxygen atoms in total. The highest BCUT2D eigenvalue weighted by Gasteiger charge is 2.05. The number of anilines is 2. The molecule has 4 heteroatoms. The van der Waals surface area contributed by atoms with Crippen LogP contribution in [0.25, 0.3) is 0 Å². The van der Waals surface area contributed by atoms with Gasteiger partial charge < -0.3 is 10.6 Å². The average molecular weight is 348 g/mol. The lowest BCUT2D eigenvalue weighted by atomic mass is 10.1. The maximum absolute atomic E-state index is 5.50. The Morgan fingerprint density at radius 1 is 0.542 bits per heavy atom. The first-order valence-corrected chi connectivity index (χ1v) is 8.37. The number of hydrogen-bond donors (Lipinski definition) is 2. The van der Waals surface area contributed by atoms with Crippen LogP contribution in [-0.2, 0) is 0 Å². The monoisotopic (exact) mass is 348 g/mol. The zero-order valence-electron chi connectivity index (χ0n) is 12.9. The number of para-hydroxylation sites is 1. The van der Waals surface area contributed by atoms with Crippen molar-refractivity contribution >= 4 is 45.8 Å². The Morgan fingerprint density at radius 2 is 1.04 bits per heavy atom. The molecule has 0 heterocycles. The summed E-state index contributed by atoms with van der Waals surface area (Å²) in [5.41, 5.74) is 3.82. The fraction of sp³-hybridized carbons (Fsp3) is 0. The molecule has 0 aliphatic rings. The van der Waals surface area contributed by atoms with Crippen molar-refractivity contribution in [3.05, 3.63) is 96.1 Å². The zero-order valence-corrected chi connectivity index (χ0v) is 14.5. The summed E-state index contributed by atoms with van der Waals surface area (Å²) in [6.07, 6.45) is 0. The molecule has 0 bridgehead atoms. The van der Waals surface area contributed by atoms with Gasteiger partial charge in [0.25, 0.3) is 0 Å². The van der Waals surface area contributed by atoms with E-state index in [9.17, 15) is 0 Å². The van der Waals surface area contributed by atoms with Crippen molar-refractivity contribution in [2.45, 2.75) is 0 Å². The summed E-state index contributed by atoms with van der Waals surface area (Å²) in [5.74, 6) is 0. The smallest absolute Gasteiger partial charge is 0.111 e. The lowest BCUT2D eigenvalue weighted by molar-refractivity contribution is 1.58. The highest BCUT2D eigenvalue weighted by Crippen LogP contribution is 2.15. The van der Waals surface area contributed by atoms with Crippen LogP contribution in [0.15, 0.2) is 84.9 Å². The van der Waals surface area contributed by atoms with E-state index in [1.807, 2.05) is 84.9 Å². The molecule has 0 aromatic heterocycles. The fourth-order valence-electron chi connectivity index (χ4n) is 2.26. The molecule has 3 aromatic carbocycles. The van der Waals surface area contributed by atoms with Crippen molar-refractivity contribution in [1.29, 1.82) is 0 Å². The van der Waals surface area contributed by atoms with Crippen LogP contribution in [0.5, 0.6) is 0 Å². The van der Waals surface area contributed by atoms with Crippen LogP contribution in [0, 0.1) is 0 Å². The van der Waals surface area contributed by atoms with Crippen molar-refractivity contribution in [1.82, 2.24) is 0 Å².